The maximum atomic E-state index is 15.0. The molecule has 0 spiro atoms. The molecule has 1 saturated carbocycles. The second-order valence-corrected chi connectivity index (χ2v) is 9.94. The van der Waals surface area contributed by atoms with Crippen LogP contribution < -0.4 is 4.74 Å². The topological polar surface area (TPSA) is 58.7 Å². The van der Waals surface area contributed by atoms with Crippen LogP contribution in [0.5, 0.6) is 5.75 Å². The van der Waals surface area contributed by atoms with Gasteiger partial charge >= 0.3 is 5.97 Å². The summed E-state index contributed by atoms with van der Waals surface area (Å²) in [4.78, 5) is 12.4. The van der Waals surface area contributed by atoms with Crippen molar-refractivity contribution in [2.75, 3.05) is 7.11 Å². The first-order valence-corrected chi connectivity index (χ1v) is 10.7. The predicted molar refractivity (Wildman–Crippen MR) is 107 cm³/mol. The highest BCUT2D eigenvalue weighted by molar-refractivity contribution is 5.75. The number of hydrogen-bond donors (Lipinski definition) is 0. The number of esters is 1. The highest BCUT2D eigenvalue weighted by Gasteiger charge is 2.47. The Kier molecular flexibility index (Phi) is 6.56. The van der Waals surface area contributed by atoms with E-state index in [1.54, 1.807) is 7.11 Å². The molecule has 1 heterocycles. The quantitative estimate of drug-likeness (QED) is 0.495. The lowest BCUT2D eigenvalue weighted by Crippen LogP contribution is -2.57. The van der Waals surface area contributed by atoms with E-state index < -0.39 is 28.7 Å². The van der Waals surface area contributed by atoms with Gasteiger partial charge in [-0.2, -0.15) is 4.39 Å². The van der Waals surface area contributed by atoms with Crippen LogP contribution >= 0.6 is 0 Å². The molecule has 1 aliphatic carbocycles. The largest absolute Gasteiger partial charge is 0.423 e. The van der Waals surface area contributed by atoms with Gasteiger partial charge in [0.2, 0.25) is 5.82 Å². The minimum atomic E-state index is -1.15. The van der Waals surface area contributed by atoms with Crippen molar-refractivity contribution in [2.24, 2.45) is 5.92 Å². The van der Waals surface area contributed by atoms with Crippen LogP contribution in [0.3, 0.4) is 0 Å². The van der Waals surface area contributed by atoms with E-state index in [2.05, 4.69) is 0 Å². The van der Waals surface area contributed by atoms with Crippen molar-refractivity contribution in [2.45, 2.75) is 89.3 Å². The van der Waals surface area contributed by atoms with Crippen LogP contribution in [0.25, 0.3) is 0 Å². The third-order valence-electron chi connectivity index (χ3n) is 6.66. The average Bonchev–Trinajstić information content (AvgIpc) is 2.69. The van der Waals surface area contributed by atoms with Gasteiger partial charge in [0.05, 0.1) is 12.0 Å². The number of halogens is 2. The lowest BCUT2D eigenvalue weighted by atomic mass is 9.72. The molecular weight excluding hydrogens is 392 g/mol. The number of carbonyl (C=O) groups excluding carboxylic acids is 1. The van der Waals surface area contributed by atoms with E-state index in [9.17, 15) is 18.8 Å². The van der Waals surface area contributed by atoms with Crippen LogP contribution in [-0.2, 0) is 14.7 Å². The Balaban J connectivity index is 1.75. The number of piperidine rings is 1. The summed E-state index contributed by atoms with van der Waals surface area (Å²) in [6.07, 6.45) is 3.67. The predicted octanol–water partition coefficient (Wildman–Crippen LogP) is 5.16. The molecule has 1 saturated heterocycles. The molecule has 0 N–H and O–H groups in total. The van der Waals surface area contributed by atoms with Crippen LogP contribution in [-0.4, -0.2) is 35.3 Å². The SMILES string of the molecule is COC1CCC(C(=O)Oc2ccc(C3CC(C)(C)N([O])C(C)(C)C3)c(F)c2F)CC1. The van der Waals surface area contributed by atoms with Crippen molar-refractivity contribution in [3.05, 3.63) is 29.3 Å². The monoisotopic (exact) mass is 424 g/mol. The van der Waals surface area contributed by atoms with Crippen molar-refractivity contribution < 1.29 is 28.3 Å². The maximum absolute atomic E-state index is 15.0. The Bertz CT molecular complexity index is 770. The lowest BCUT2D eigenvalue weighted by molar-refractivity contribution is -0.289. The van der Waals surface area contributed by atoms with E-state index in [1.165, 1.54) is 12.1 Å². The van der Waals surface area contributed by atoms with Crippen molar-refractivity contribution in [1.29, 1.82) is 0 Å². The van der Waals surface area contributed by atoms with E-state index in [0.717, 1.165) is 17.9 Å². The highest BCUT2D eigenvalue weighted by atomic mass is 19.2. The Morgan fingerprint density at radius 2 is 1.57 bits per heavy atom. The zero-order valence-electron chi connectivity index (χ0n) is 18.5. The van der Waals surface area contributed by atoms with Gasteiger partial charge in [0.15, 0.2) is 11.6 Å². The molecule has 2 aliphatic rings. The normalized spacial score (nSPS) is 27.1. The Morgan fingerprint density at radius 3 is 2.10 bits per heavy atom. The van der Waals surface area contributed by atoms with Gasteiger partial charge in [-0.3, -0.25) is 4.79 Å². The summed E-state index contributed by atoms with van der Waals surface area (Å²) in [5.74, 6) is -3.69. The fraction of sp³-hybridized carbons (Fsp3) is 0.696. The Hall–Kier alpha value is -1.57. The summed E-state index contributed by atoms with van der Waals surface area (Å²) < 4.78 is 40.3. The molecule has 1 aromatic rings. The van der Waals surface area contributed by atoms with Crippen LogP contribution in [0.2, 0.25) is 0 Å². The number of rotatable bonds is 4. The van der Waals surface area contributed by atoms with E-state index in [4.69, 9.17) is 9.47 Å². The molecular formula is C23H32F2NO4. The smallest absolute Gasteiger partial charge is 0.314 e. The second kappa shape index (κ2) is 8.52. The highest BCUT2D eigenvalue weighted by Crippen LogP contribution is 2.46. The standard InChI is InChI=1S/C23H32F2NO4/c1-22(2)12-15(13-23(3,4)26(22)28)17-10-11-18(20(25)19(17)24)30-21(27)14-6-8-16(29-5)9-7-14/h10-11,14-16H,6-9,12-13H2,1-5H3. The molecule has 0 bridgehead atoms. The van der Waals surface area contributed by atoms with Gasteiger partial charge in [0, 0.05) is 18.2 Å². The third kappa shape index (κ3) is 4.53. The zero-order valence-corrected chi connectivity index (χ0v) is 18.5. The molecule has 3 rings (SSSR count). The van der Waals surface area contributed by atoms with Crippen molar-refractivity contribution in [1.82, 2.24) is 5.06 Å². The van der Waals surface area contributed by atoms with E-state index in [0.29, 0.717) is 25.7 Å². The van der Waals surface area contributed by atoms with Gasteiger partial charge in [0.1, 0.15) is 0 Å². The molecule has 30 heavy (non-hydrogen) atoms. The number of hydroxylamine groups is 2. The van der Waals surface area contributed by atoms with Gasteiger partial charge in [-0.25, -0.2) is 4.39 Å². The van der Waals surface area contributed by atoms with E-state index >= 15 is 0 Å². The first kappa shape index (κ1) is 23.1. The lowest BCUT2D eigenvalue weighted by Gasteiger charge is -2.50. The summed E-state index contributed by atoms with van der Waals surface area (Å²) in [6, 6.07) is 2.82. The fourth-order valence-electron chi connectivity index (χ4n) is 5.15. The summed E-state index contributed by atoms with van der Waals surface area (Å²) in [5, 5.41) is 13.6. The van der Waals surface area contributed by atoms with Crippen LogP contribution in [0.15, 0.2) is 12.1 Å². The molecule has 1 aromatic carbocycles. The van der Waals surface area contributed by atoms with Gasteiger partial charge in [-0.1, -0.05) is 6.07 Å². The van der Waals surface area contributed by atoms with Gasteiger partial charge in [0.25, 0.3) is 0 Å². The van der Waals surface area contributed by atoms with Crippen molar-refractivity contribution in [3.8, 4) is 5.75 Å². The summed E-state index contributed by atoms with van der Waals surface area (Å²) in [6.45, 7) is 7.26. The van der Waals surface area contributed by atoms with Crippen molar-refractivity contribution >= 4 is 5.97 Å². The van der Waals surface area contributed by atoms with Gasteiger partial charge in [-0.05, 0) is 83.8 Å². The van der Waals surface area contributed by atoms with Crippen molar-refractivity contribution in [3.63, 3.8) is 0 Å². The number of benzene rings is 1. The number of nitrogens with zero attached hydrogens (tertiary/aromatic N) is 1. The molecule has 0 atom stereocenters. The number of ether oxygens (including phenoxy) is 2. The first-order valence-electron chi connectivity index (χ1n) is 10.7. The second-order valence-electron chi connectivity index (χ2n) is 9.94. The van der Waals surface area contributed by atoms with Gasteiger partial charge in [-0.15, -0.1) is 10.3 Å². The minimum Gasteiger partial charge on any atom is -0.423 e. The van der Waals surface area contributed by atoms with Crippen LogP contribution in [0.4, 0.5) is 8.78 Å². The zero-order chi connectivity index (χ0) is 22.3. The maximum Gasteiger partial charge on any atom is 0.314 e. The molecule has 7 heteroatoms. The first-order chi connectivity index (χ1) is 14.0. The Labute approximate surface area is 177 Å². The molecule has 0 amide bonds. The minimum absolute atomic E-state index is 0.136. The molecule has 1 radical (unpaired) electrons. The number of methoxy groups -OCH3 is 1. The van der Waals surface area contributed by atoms with E-state index in [-0.39, 0.29) is 29.3 Å². The summed E-state index contributed by atoms with van der Waals surface area (Å²) in [7, 11) is 1.65. The molecule has 0 unspecified atom stereocenters. The molecule has 167 valence electrons. The average molecular weight is 425 g/mol. The number of carbonyl (C=O) groups is 1. The van der Waals surface area contributed by atoms with Crippen LogP contribution in [0.1, 0.15) is 77.7 Å². The summed E-state index contributed by atoms with van der Waals surface area (Å²) >= 11 is 0. The Morgan fingerprint density at radius 1 is 1.00 bits per heavy atom. The molecule has 5 nitrogen and oxygen atoms in total. The van der Waals surface area contributed by atoms with Gasteiger partial charge < -0.3 is 9.47 Å². The molecule has 0 aromatic heterocycles. The van der Waals surface area contributed by atoms with E-state index in [1.807, 2.05) is 27.7 Å². The number of hydrogen-bond acceptors (Lipinski definition) is 4. The molecule has 1 aliphatic heterocycles. The molecule has 2 fully saturated rings. The van der Waals surface area contributed by atoms with Crippen LogP contribution in [0, 0.1) is 17.6 Å². The summed E-state index contributed by atoms with van der Waals surface area (Å²) in [5.41, 5.74) is -1.16. The fourth-order valence-corrected chi connectivity index (χ4v) is 5.15. The third-order valence-corrected chi connectivity index (χ3v) is 6.66.